The third kappa shape index (κ3) is 1.84. The lowest BCUT2D eigenvalue weighted by Crippen LogP contribution is -2.27. The molecule has 0 aromatic carbocycles. The van der Waals surface area contributed by atoms with Crippen LogP contribution in [0.5, 0.6) is 5.88 Å². The zero-order valence-corrected chi connectivity index (χ0v) is 9.23. The lowest BCUT2D eigenvalue weighted by Gasteiger charge is -2.23. The van der Waals surface area contributed by atoms with Crippen molar-refractivity contribution in [2.45, 2.75) is 25.8 Å². The largest absolute Gasteiger partial charge is 0.479 e. The number of hydrogen-bond donors (Lipinski definition) is 1. The zero-order valence-electron chi connectivity index (χ0n) is 9.23. The number of hydrogen-bond acceptors (Lipinski definition) is 4. The van der Waals surface area contributed by atoms with Crippen LogP contribution < -0.4 is 15.4 Å². The summed E-state index contributed by atoms with van der Waals surface area (Å²) in [5.41, 5.74) is 6.32. The van der Waals surface area contributed by atoms with E-state index < -0.39 is 0 Å². The average molecular weight is 207 g/mol. The fourth-order valence-electron chi connectivity index (χ4n) is 2.04. The SMILES string of the molecule is COc1nc(N2CCCC2C)ccc1N. The van der Waals surface area contributed by atoms with Gasteiger partial charge in [-0.2, -0.15) is 4.98 Å². The number of ether oxygens (including phenoxy) is 1. The maximum atomic E-state index is 5.73. The van der Waals surface area contributed by atoms with E-state index in [4.69, 9.17) is 10.5 Å². The fourth-order valence-corrected chi connectivity index (χ4v) is 2.04. The molecule has 0 amide bonds. The summed E-state index contributed by atoms with van der Waals surface area (Å²) in [4.78, 5) is 6.70. The molecule has 15 heavy (non-hydrogen) atoms. The highest BCUT2D eigenvalue weighted by atomic mass is 16.5. The van der Waals surface area contributed by atoms with E-state index in [9.17, 15) is 0 Å². The summed E-state index contributed by atoms with van der Waals surface area (Å²) in [6, 6.07) is 4.37. The summed E-state index contributed by atoms with van der Waals surface area (Å²) >= 11 is 0. The van der Waals surface area contributed by atoms with Gasteiger partial charge in [-0.1, -0.05) is 0 Å². The molecule has 1 aliphatic heterocycles. The van der Waals surface area contributed by atoms with E-state index in [-0.39, 0.29) is 0 Å². The molecule has 2 heterocycles. The maximum absolute atomic E-state index is 5.73. The van der Waals surface area contributed by atoms with Crippen LogP contribution in [-0.2, 0) is 0 Å². The van der Waals surface area contributed by atoms with Crippen LogP contribution >= 0.6 is 0 Å². The summed E-state index contributed by atoms with van der Waals surface area (Å²) in [5.74, 6) is 1.48. The van der Waals surface area contributed by atoms with Gasteiger partial charge in [-0.3, -0.25) is 0 Å². The maximum Gasteiger partial charge on any atom is 0.238 e. The minimum absolute atomic E-state index is 0.520. The van der Waals surface area contributed by atoms with Gasteiger partial charge in [0.05, 0.1) is 12.8 Å². The molecule has 2 N–H and O–H groups in total. The Kier molecular flexibility index (Phi) is 2.66. The van der Waals surface area contributed by atoms with Gasteiger partial charge in [0.1, 0.15) is 5.82 Å². The molecule has 0 radical (unpaired) electrons. The number of nitrogens with zero attached hydrogens (tertiary/aromatic N) is 2. The Labute approximate surface area is 90.0 Å². The van der Waals surface area contributed by atoms with Gasteiger partial charge in [-0.25, -0.2) is 0 Å². The molecular weight excluding hydrogens is 190 g/mol. The van der Waals surface area contributed by atoms with Crippen molar-refractivity contribution in [2.75, 3.05) is 24.3 Å². The Morgan fingerprint density at radius 3 is 2.93 bits per heavy atom. The summed E-state index contributed by atoms with van der Waals surface area (Å²) in [7, 11) is 1.59. The molecule has 0 saturated carbocycles. The van der Waals surface area contributed by atoms with Crippen molar-refractivity contribution in [1.82, 2.24) is 4.98 Å². The first-order valence-electron chi connectivity index (χ1n) is 5.29. The molecule has 4 nitrogen and oxygen atoms in total. The molecule has 1 unspecified atom stereocenters. The summed E-state index contributed by atoms with van der Waals surface area (Å²) in [6.07, 6.45) is 2.46. The highest BCUT2D eigenvalue weighted by Crippen LogP contribution is 2.27. The van der Waals surface area contributed by atoms with E-state index >= 15 is 0 Å². The van der Waals surface area contributed by atoms with Crippen molar-refractivity contribution in [3.8, 4) is 5.88 Å². The van der Waals surface area contributed by atoms with Gasteiger partial charge >= 0.3 is 0 Å². The smallest absolute Gasteiger partial charge is 0.238 e. The van der Waals surface area contributed by atoms with E-state index in [0.717, 1.165) is 12.4 Å². The summed E-state index contributed by atoms with van der Waals surface area (Å²) in [6.45, 7) is 3.29. The van der Waals surface area contributed by atoms with Gasteiger partial charge in [0.25, 0.3) is 0 Å². The van der Waals surface area contributed by atoms with Gasteiger partial charge in [-0.05, 0) is 31.9 Å². The Bertz CT molecular complexity index is 354. The Morgan fingerprint density at radius 1 is 1.53 bits per heavy atom. The van der Waals surface area contributed by atoms with E-state index in [1.165, 1.54) is 12.8 Å². The molecule has 82 valence electrons. The molecule has 1 atom stereocenters. The molecule has 0 bridgehead atoms. The normalized spacial score (nSPS) is 20.7. The minimum atomic E-state index is 0.520. The van der Waals surface area contributed by atoms with E-state index in [1.807, 2.05) is 12.1 Å². The van der Waals surface area contributed by atoms with Crippen LogP contribution in [0.25, 0.3) is 0 Å². The molecule has 1 aromatic rings. The second-order valence-electron chi connectivity index (χ2n) is 3.95. The number of pyridine rings is 1. The van der Waals surface area contributed by atoms with Gasteiger partial charge < -0.3 is 15.4 Å². The standard InChI is InChI=1S/C11H17N3O/c1-8-4-3-7-14(8)10-6-5-9(12)11(13-10)15-2/h5-6,8H,3-4,7,12H2,1-2H3. The number of rotatable bonds is 2. The first kappa shape index (κ1) is 10.1. The number of nitrogen functional groups attached to an aromatic ring is 1. The monoisotopic (exact) mass is 207 g/mol. The summed E-state index contributed by atoms with van der Waals surface area (Å²) < 4.78 is 5.12. The van der Waals surface area contributed by atoms with Crippen LogP contribution in [0.15, 0.2) is 12.1 Å². The van der Waals surface area contributed by atoms with Crippen molar-refractivity contribution < 1.29 is 4.74 Å². The average Bonchev–Trinajstić information content (AvgIpc) is 2.65. The van der Waals surface area contributed by atoms with E-state index in [0.29, 0.717) is 17.6 Å². The van der Waals surface area contributed by atoms with Crippen LogP contribution in [0, 0.1) is 0 Å². The Hall–Kier alpha value is -1.45. The quantitative estimate of drug-likeness (QED) is 0.801. The lowest BCUT2D eigenvalue weighted by molar-refractivity contribution is 0.400. The third-order valence-electron chi connectivity index (χ3n) is 2.92. The van der Waals surface area contributed by atoms with E-state index in [1.54, 1.807) is 7.11 Å². The van der Waals surface area contributed by atoms with Gasteiger partial charge in [0.15, 0.2) is 0 Å². The first-order chi connectivity index (χ1) is 7.22. The van der Waals surface area contributed by atoms with Crippen LogP contribution in [0.4, 0.5) is 11.5 Å². The van der Waals surface area contributed by atoms with Gasteiger partial charge in [-0.15, -0.1) is 0 Å². The molecule has 4 heteroatoms. The van der Waals surface area contributed by atoms with Crippen molar-refractivity contribution >= 4 is 11.5 Å². The van der Waals surface area contributed by atoms with Crippen LogP contribution in [0.3, 0.4) is 0 Å². The Balaban J connectivity index is 2.28. The van der Waals surface area contributed by atoms with Gasteiger partial charge in [0.2, 0.25) is 5.88 Å². The molecular formula is C11H17N3O. The molecule has 0 aliphatic carbocycles. The predicted molar refractivity (Wildman–Crippen MR) is 61.2 cm³/mol. The van der Waals surface area contributed by atoms with Crippen molar-refractivity contribution in [1.29, 1.82) is 0 Å². The topological polar surface area (TPSA) is 51.4 Å². The van der Waals surface area contributed by atoms with Crippen molar-refractivity contribution in [3.63, 3.8) is 0 Å². The van der Waals surface area contributed by atoms with Crippen molar-refractivity contribution in [3.05, 3.63) is 12.1 Å². The van der Waals surface area contributed by atoms with Gasteiger partial charge in [0, 0.05) is 12.6 Å². The molecule has 1 aliphatic rings. The molecule has 1 fully saturated rings. The van der Waals surface area contributed by atoms with Crippen LogP contribution in [0.1, 0.15) is 19.8 Å². The number of anilines is 2. The number of aromatic nitrogens is 1. The molecule has 1 aromatic heterocycles. The third-order valence-corrected chi connectivity index (χ3v) is 2.92. The van der Waals surface area contributed by atoms with Crippen molar-refractivity contribution in [2.24, 2.45) is 0 Å². The van der Waals surface area contributed by atoms with Crippen LogP contribution in [0.2, 0.25) is 0 Å². The summed E-state index contributed by atoms with van der Waals surface area (Å²) in [5, 5.41) is 0. The molecule has 1 saturated heterocycles. The zero-order chi connectivity index (χ0) is 10.8. The molecule has 0 spiro atoms. The fraction of sp³-hybridized carbons (Fsp3) is 0.545. The first-order valence-corrected chi connectivity index (χ1v) is 5.29. The number of nitrogens with two attached hydrogens (primary N) is 1. The van der Waals surface area contributed by atoms with E-state index in [2.05, 4.69) is 16.8 Å². The lowest BCUT2D eigenvalue weighted by atomic mass is 10.2. The minimum Gasteiger partial charge on any atom is -0.479 e. The Morgan fingerprint density at radius 2 is 2.33 bits per heavy atom. The highest BCUT2D eigenvalue weighted by Gasteiger charge is 2.22. The number of methoxy groups -OCH3 is 1. The second kappa shape index (κ2) is 3.96. The highest BCUT2D eigenvalue weighted by molar-refractivity contribution is 5.55. The molecule has 2 rings (SSSR count). The second-order valence-corrected chi connectivity index (χ2v) is 3.95. The predicted octanol–water partition coefficient (Wildman–Crippen LogP) is 1.66. The van der Waals surface area contributed by atoms with Crippen LogP contribution in [-0.4, -0.2) is 24.7 Å².